The number of anilines is 5. The number of carbonyl (C=O) groups is 1. The Labute approximate surface area is 181 Å². The molecule has 4 aromatic rings. The van der Waals surface area contributed by atoms with E-state index in [-0.39, 0.29) is 23.4 Å². The highest BCUT2D eigenvalue weighted by atomic mass is 19.1. The van der Waals surface area contributed by atoms with Gasteiger partial charge in [0, 0.05) is 22.6 Å². The molecule has 0 aliphatic heterocycles. The molecule has 1 amide bonds. The molecule has 3 aromatic carbocycles. The van der Waals surface area contributed by atoms with Crippen molar-refractivity contribution in [3.8, 4) is 5.75 Å². The summed E-state index contributed by atoms with van der Waals surface area (Å²) in [6.45, 7) is 0. The second-order valence-electron chi connectivity index (χ2n) is 6.73. The number of phenolic OH excluding ortho intramolecular Hbond substituents is 1. The number of halogens is 2. The predicted octanol–water partition coefficient (Wildman–Crippen LogP) is 5.20. The Hall–Kier alpha value is -4.53. The smallest absolute Gasteiger partial charge is 0.255 e. The fraction of sp³-hybridized carbons (Fsp3) is 0. The average Bonchev–Trinajstić information content (AvgIpc) is 2.79. The Kier molecular flexibility index (Phi) is 5.89. The molecule has 0 spiro atoms. The van der Waals surface area contributed by atoms with Crippen LogP contribution < -0.4 is 16.0 Å². The minimum atomic E-state index is -0.653. The number of rotatable bonds is 6. The number of carbonyl (C=O) groups excluding carboxylic acids is 1. The number of benzene rings is 3. The number of aromatic nitrogens is 2. The third-order valence-corrected chi connectivity index (χ3v) is 4.38. The van der Waals surface area contributed by atoms with Crippen molar-refractivity contribution in [1.82, 2.24) is 9.97 Å². The third-order valence-electron chi connectivity index (χ3n) is 4.38. The molecule has 4 rings (SSSR count). The van der Waals surface area contributed by atoms with Crippen LogP contribution in [-0.2, 0) is 0 Å². The molecule has 0 fully saturated rings. The molecule has 1 aromatic heterocycles. The molecular weight excluding hydrogens is 416 g/mol. The van der Waals surface area contributed by atoms with E-state index >= 15 is 0 Å². The summed E-state index contributed by atoms with van der Waals surface area (Å²) in [5, 5.41) is 17.8. The van der Waals surface area contributed by atoms with E-state index in [2.05, 4.69) is 25.9 Å². The van der Waals surface area contributed by atoms with Gasteiger partial charge in [-0.15, -0.1) is 0 Å². The van der Waals surface area contributed by atoms with Gasteiger partial charge in [-0.2, -0.15) is 4.98 Å². The van der Waals surface area contributed by atoms with Gasteiger partial charge in [0.05, 0.1) is 6.20 Å². The van der Waals surface area contributed by atoms with Crippen LogP contribution in [-0.4, -0.2) is 21.0 Å². The zero-order valence-electron chi connectivity index (χ0n) is 16.5. The molecule has 1 heterocycles. The zero-order chi connectivity index (χ0) is 22.5. The summed E-state index contributed by atoms with van der Waals surface area (Å²) in [4.78, 5) is 20.4. The van der Waals surface area contributed by atoms with Crippen molar-refractivity contribution in [2.45, 2.75) is 0 Å². The van der Waals surface area contributed by atoms with Crippen LogP contribution in [0.2, 0.25) is 0 Å². The first kappa shape index (κ1) is 20.7. The second kappa shape index (κ2) is 9.09. The van der Waals surface area contributed by atoms with Gasteiger partial charge < -0.3 is 21.1 Å². The molecule has 0 radical (unpaired) electrons. The SMILES string of the molecule is O=C(Nc1ccc(F)cc1)c1ccc(Nc2nc(Nc3ccc(O)cc3)ncc2F)cc1. The molecule has 160 valence electrons. The highest BCUT2D eigenvalue weighted by molar-refractivity contribution is 6.04. The van der Waals surface area contributed by atoms with Crippen LogP contribution in [0.4, 0.5) is 37.6 Å². The number of nitrogens with zero attached hydrogens (tertiary/aromatic N) is 2. The molecule has 0 aliphatic rings. The normalized spacial score (nSPS) is 10.4. The molecule has 7 nitrogen and oxygen atoms in total. The molecule has 0 saturated heterocycles. The third kappa shape index (κ3) is 5.14. The van der Waals surface area contributed by atoms with E-state index in [1.165, 1.54) is 36.4 Å². The molecule has 9 heteroatoms. The summed E-state index contributed by atoms with van der Waals surface area (Å²) in [7, 11) is 0. The largest absolute Gasteiger partial charge is 0.508 e. The van der Waals surface area contributed by atoms with Gasteiger partial charge in [-0.3, -0.25) is 4.79 Å². The van der Waals surface area contributed by atoms with Gasteiger partial charge in [-0.25, -0.2) is 13.8 Å². The van der Waals surface area contributed by atoms with Gasteiger partial charge in [0.1, 0.15) is 11.6 Å². The maximum absolute atomic E-state index is 14.2. The first-order valence-corrected chi connectivity index (χ1v) is 9.49. The van der Waals surface area contributed by atoms with Gasteiger partial charge in [-0.05, 0) is 72.8 Å². The van der Waals surface area contributed by atoms with Gasteiger partial charge in [0.15, 0.2) is 11.6 Å². The summed E-state index contributed by atoms with van der Waals surface area (Å²) in [5.74, 6) is -1.18. The van der Waals surface area contributed by atoms with E-state index in [9.17, 15) is 18.7 Å². The van der Waals surface area contributed by atoms with E-state index in [4.69, 9.17) is 0 Å². The van der Waals surface area contributed by atoms with Crippen LogP contribution >= 0.6 is 0 Å². The summed E-state index contributed by atoms with van der Waals surface area (Å²) in [6.07, 6.45) is 1.03. The quantitative estimate of drug-likeness (QED) is 0.312. The number of nitrogens with one attached hydrogen (secondary N) is 3. The van der Waals surface area contributed by atoms with Crippen molar-refractivity contribution in [1.29, 1.82) is 0 Å². The van der Waals surface area contributed by atoms with Crippen molar-refractivity contribution in [3.63, 3.8) is 0 Å². The number of aromatic hydroxyl groups is 1. The van der Waals surface area contributed by atoms with Gasteiger partial charge in [0.25, 0.3) is 5.91 Å². The minimum Gasteiger partial charge on any atom is -0.508 e. The van der Waals surface area contributed by atoms with Crippen LogP contribution in [0.3, 0.4) is 0 Å². The molecule has 0 aliphatic carbocycles. The fourth-order valence-corrected chi connectivity index (χ4v) is 2.77. The number of hydrogen-bond donors (Lipinski definition) is 4. The Morgan fingerprint density at radius 3 is 2.06 bits per heavy atom. The average molecular weight is 433 g/mol. The number of amides is 1. The van der Waals surface area contributed by atoms with Crippen LogP contribution in [0.15, 0.2) is 79.0 Å². The van der Waals surface area contributed by atoms with Gasteiger partial charge in [-0.1, -0.05) is 0 Å². The summed E-state index contributed by atoms with van der Waals surface area (Å²) in [5.41, 5.74) is 1.97. The van der Waals surface area contributed by atoms with Gasteiger partial charge in [0.2, 0.25) is 5.95 Å². The van der Waals surface area contributed by atoms with Crippen molar-refractivity contribution in [2.75, 3.05) is 16.0 Å². The number of hydrogen-bond acceptors (Lipinski definition) is 6. The van der Waals surface area contributed by atoms with Crippen LogP contribution in [0.25, 0.3) is 0 Å². The van der Waals surface area contributed by atoms with Crippen molar-refractivity contribution in [2.24, 2.45) is 0 Å². The highest BCUT2D eigenvalue weighted by Gasteiger charge is 2.10. The van der Waals surface area contributed by atoms with E-state index in [1.807, 2.05) is 0 Å². The molecule has 0 saturated carbocycles. The topological polar surface area (TPSA) is 99.2 Å². The molecule has 0 unspecified atom stereocenters. The van der Waals surface area contributed by atoms with Crippen molar-refractivity contribution in [3.05, 3.63) is 96.2 Å². The van der Waals surface area contributed by atoms with E-state index < -0.39 is 11.6 Å². The van der Waals surface area contributed by atoms with E-state index in [0.717, 1.165) is 6.20 Å². The van der Waals surface area contributed by atoms with Crippen LogP contribution in [0.1, 0.15) is 10.4 Å². The van der Waals surface area contributed by atoms with Crippen molar-refractivity contribution >= 4 is 34.7 Å². The standard InChI is InChI=1S/C23H17F2N5O2/c24-15-3-7-17(8-4-15)28-22(32)14-1-5-16(6-2-14)27-21-20(25)13-26-23(30-21)29-18-9-11-19(31)12-10-18/h1-13,31H,(H,28,32)(H2,26,27,29,30). The van der Waals surface area contributed by atoms with Crippen molar-refractivity contribution < 1.29 is 18.7 Å². The Balaban J connectivity index is 1.44. The lowest BCUT2D eigenvalue weighted by Gasteiger charge is -2.10. The zero-order valence-corrected chi connectivity index (χ0v) is 16.5. The first-order chi connectivity index (χ1) is 15.5. The Morgan fingerprint density at radius 1 is 0.781 bits per heavy atom. The van der Waals surface area contributed by atoms with Crippen LogP contribution in [0, 0.1) is 11.6 Å². The predicted molar refractivity (Wildman–Crippen MR) is 117 cm³/mol. The minimum absolute atomic E-state index is 0.0511. The maximum Gasteiger partial charge on any atom is 0.255 e. The molecule has 0 bridgehead atoms. The first-order valence-electron chi connectivity index (χ1n) is 9.49. The van der Waals surface area contributed by atoms with Gasteiger partial charge >= 0.3 is 0 Å². The number of phenols is 1. The molecule has 0 atom stereocenters. The molecule has 32 heavy (non-hydrogen) atoms. The lowest BCUT2D eigenvalue weighted by atomic mass is 10.2. The maximum atomic E-state index is 14.2. The van der Waals surface area contributed by atoms with E-state index in [1.54, 1.807) is 36.4 Å². The fourth-order valence-electron chi connectivity index (χ4n) is 2.77. The summed E-state index contributed by atoms with van der Waals surface area (Å²) in [6, 6.07) is 18.0. The highest BCUT2D eigenvalue weighted by Crippen LogP contribution is 2.22. The molecule has 4 N–H and O–H groups in total. The lowest BCUT2D eigenvalue weighted by Crippen LogP contribution is -2.11. The van der Waals surface area contributed by atoms with Crippen LogP contribution in [0.5, 0.6) is 5.75 Å². The van der Waals surface area contributed by atoms with E-state index in [0.29, 0.717) is 22.6 Å². The Bertz CT molecular complexity index is 1230. The summed E-state index contributed by atoms with van der Waals surface area (Å²) >= 11 is 0. The summed E-state index contributed by atoms with van der Waals surface area (Å²) < 4.78 is 27.2. The second-order valence-corrected chi connectivity index (χ2v) is 6.73. The Morgan fingerprint density at radius 2 is 1.38 bits per heavy atom. The molecular formula is C23H17F2N5O2. The monoisotopic (exact) mass is 433 g/mol. The lowest BCUT2D eigenvalue weighted by molar-refractivity contribution is 0.102.